The van der Waals surface area contributed by atoms with Crippen molar-refractivity contribution < 1.29 is 4.74 Å². The van der Waals surface area contributed by atoms with Crippen molar-refractivity contribution in [3.63, 3.8) is 0 Å². The zero-order valence-electron chi connectivity index (χ0n) is 16.0. The van der Waals surface area contributed by atoms with Crippen molar-refractivity contribution in [2.45, 2.75) is 38.6 Å². The Morgan fingerprint density at radius 3 is 2.69 bits per heavy atom. The van der Waals surface area contributed by atoms with Gasteiger partial charge in [0.25, 0.3) is 0 Å². The normalized spacial score (nSPS) is 18.9. The molecule has 1 heterocycles. The second-order valence-corrected chi connectivity index (χ2v) is 7.08. The fourth-order valence-electron chi connectivity index (χ4n) is 3.42. The summed E-state index contributed by atoms with van der Waals surface area (Å²) < 4.78 is 5.42. The molecule has 6 heteroatoms. The minimum Gasteiger partial charge on any atom is -0.497 e. The molecule has 1 aromatic rings. The van der Waals surface area contributed by atoms with Crippen molar-refractivity contribution in [2.75, 3.05) is 39.8 Å². The van der Waals surface area contributed by atoms with E-state index in [0.717, 1.165) is 50.4 Å². The van der Waals surface area contributed by atoms with Gasteiger partial charge >= 0.3 is 0 Å². The number of aliphatic imine (C=N–C) groups is 1. The number of nitrogens with zero attached hydrogens (tertiary/aromatic N) is 2. The molecule has 1 aliphatic heterocycles. The lowest BCUT2D eigenvalue weighted by Crippen LogP contribution is -2.39. The molecule has 1 aromatic carbocycles. The van der Waals surface area contributed by atoms with Crippen LogP contribution >= 0.6 is 24.0 Å². The molecule has 2 N–H and O–H groups in total. The van der Waals surface area contributed by atoms with Crippen LogP contribution in [0.2, 0.25) is 0 Å². The summed E-state index contributed by atoms with van der Waals surface area (Å²) >= 11 is 0. The molecule has 2 fully saturated rings. The first kappa shape index (κ1) is 21.3. The Balaban J connectivity index is 0.00000243. The standard InChI is InChI=1S/C20H32N4O.HI/c1-3-21-20(22-14-16-9-10-16)23-15-19(24-11-4-5-12-24)17-7-6-8-18(13-17)25-2;/h6-8,13,16,19H,3-5,9-12,14-15H2,1-2H3,(H2,21,22,23);1H. The topological polar surface area (TPSA) is 48.9 Å². The van der Waals surface area contributed by atoms with E-state index in [4.69, 9.17) is 9.73 Å². The highest BCUT2D eigenvalue weighted by atomic mass is 127. The minimum atomic E-state index is 0. The van der Waals surface area contributed by atoms with Crippen LogP contribution in [0.3, 0.4) is 0 Å². The molecule has 0 radical (unpaired) electrons. The Labute approximate surface area is 175 Å². The Morgan fingerprint density at radius 2 is 2.04 bits per heavy atom. The van der Waals surface area contributed by atoms with Gasteiger partial charge < -0.3 is 15.4 Å². The van der Waals surface area contributed by atoms with E-state index in [1.165, 1.54) is 31.2 Å². The van der Waals surface area contributed by atoms with E-state index in [1.807, 2.05) is 6.07 Å². The first-order valence-corrected chi connectivity index (χ1v) is 9.70. The van der Waals surface area contributed by atoms with Gasteiger partial charge in [0, 0.05) is 13.1 Å². The largest absolute Gasteiger partial charge is 0.497 e. The van der Waals surface area contributed by atoms with Crippen molar-refractivity contribution in [3.05, 3.63) is 29.8 Å². The number of likely N-dealkylation sites (tertiary alicyclic amines) is 1. The molecule has 0 spiro atoms. The molecule has 2 aliphatic rings. The minimum absolute atomic E-state index is 0. The molecule has 1 saturated heterocycles. The Morgan fingerprint density at radius 1 is 1.27 bits per heavy atom. The van der Waals surface area contributed by atoms with Gasteiger partial charge in [-0.1, -0.05) is 12.1 Å². The molecule has 1 atom stereocenters. The summed E-state index contributed by atoms with van der Waals surface area (Å²) in [4.78, 5) is 7.46. The number of halogens is 1. The second-order valence-electron chi connectivity index (χ2n) is 7.08. The zero-order chi connectivity index (χ0) is 17.5. The summed E-state index contributed by atoms with van der Waals surface area (Å²) in [5, 5.41) is 6.88. The van der Waals surface area contributed by atoms with Gasteiger partial charge in [0.1, 0.15) is 5.75 Å². The Kier molecular flexibility index (Phi) is 8.98. The average molecular weight is 472 g/mol. The van der Waals surface area contributed by atoms with E-state index >= 15 is 0 Å². The van der Waals surface area contributed by atoms with Crippen LogP contribution in [-0.4, -0.2) is 50.7 Å². The van der Waals surface area contributed by atoms with Crippen molar-refractivity contribution in [1.82, 2.24) is 15.5 Å². The van der Waals surface area contributed by atoms with E-state index in [-0.39, 0.29) is 24.0 Å². The van der Waals surface area contributed by atoms with Crippen LogP contribution in [-0.2, 0) is 0 Å². The van der Waals surface area contributed by atoms with E-state index in [2.05, 4.69) is 40.7 Å². The first-order chi connectivity index (χ1) is 12.3. The van der Waals surface area contributed by atoms with Crippen molar-refractivity contribution in [1.29, 1.82) is 0 Å². The number of hydrogen-bond donors (Lipinski definition) is 2. The second kappa shape index (κ2) is 11.0. The third-order valence-corrected chi connectivity index (χ3v) is 5.08. The van der Waals surface area contributed by atoms with Crippen LogP contribution in [0.25, 0.3) is 0 Å². The highest BCUT2D eigenvalue weighted by Gasteiger charge is 2.24. The predicted octanol–water partition coefficient (Wildman–Crippen LogP) is 3.42. The van der Waals surface area contributed by atoms with Gasteiger partial charge in [-0.2, -0.15) is 0 Å². The maximum absolute atomic E-state index is 5.42. The first-order valence-electron chi connectivity index (χ1n) is 9.70. The Hall–Kier alpha value is -1.02. The van der Waals surface area contributed by atoms with Gasteiger partial charge in [-0.3, -0.25) is 9.89 Å². The fraction of sp³-hybridized carbons (Fsp3) is 0.650. The highest BCUT2D eigenvalue weighted by molar-refractivity contribution is 14.0. The summed E-state index contributed by atoms with van der Waals surface area (Å²) in [5.41, 5.74) is 1.29. The molecule has 1 unspecified atom stereocenters. The summed E-state index contributed by atoms with van der Waals surface area (Å²) in [5.74, 6) is 2.71. The smallest absolute Gasteiger partial charge is 0.191 e. The SMILES string of the molecule is CCNC(=NCC(c1cccc(OC)c1)N1CCCC1)NCC1CC1.I. The highest BCUT2D eigenvalue weighted by Crippen LogP contribution is 2.28. The lowest BCUT2D eigenvalue weighted by atomic mass is 10.1. The predicted molar refractivity (Wildman–Crippen MR) is 119 cm³/mol. The van der Waals surface area contributed by atoms with E-state index in [9.17, 15) is 0 Å². The van der Waals surface area contributed by atoms with Gasteiger partial charge in [-0.15, -0.1) is 24.0 Å². The van der Waals surface area contributed by atoms with Gasteiger partial charge in [-0.25, -0.2) is 0 Å². The molecule has 1 saturated carbocycles. The summed E-state index contributed by atoms with van der Waals surface area (Å²) in [7, 11) is 1.73. The molecule has 3 rings (SSSR count). The zero-order valence-corrected chi connectivity index (χ0v) is 18.4. The number of hydrogen-bond acceptors (Lipinski definition) is 3. The number of rotatable bonds is 8. The Bertz CT molecular complexity index is 571. The van der Waals surface area contributed by atoms with Gasteiger partial charge in [0.2, 0.25) is 0 Å². The monoisotopic (exact) mass is 472 g/mol. The van der Waals surface area contributed by atoms with E-state index in [0.29, 0.717) is 6.04 Å². The van der Waals surface area contributed by atoms with Crippen LogP contribution in [0, 0.1) is 5.92 Å². The molecule has 5 nitrogen and oxygen atoms in total. The lowest BCUT2D eigenvalue weighted by molar-refractivity contribution is 0.251. The van der Waals surface area contributed by atoms with Crippen LogP contribution in [0.4, 0.5) is 0 Å². The summed E-state index contributed by atoms with van der Waals surface area (Å²) in [6.45, 7) is 7.14. The number of benzene rings is 1. The third-order valence-electron chi connectivity index (χ3n) is 5.08. The molecule has 1 aliphatic carbocycles. The van der Waals surface area contributed by atoms with Gasteiger partial charge in [0.05, 0.1) is 19.7 Å². The number of ether oxygens (including phenoxy) is 1. The van der Waals surface area contributed by atoms with Crippen molar-refractivity contribution in [3.8, 4) is 5.75 Å². The number of methoxy groups -OCH3 is 1. The van der Waals surface area contributed by atoms with Crippen LogP contribution in [0.1, 0.15) is 44.2 Å². The van der Waals surface area contributed by atoms with E-state index < -0.39 is 0 Å². The molecule has 0 bridgehead atoms. The van der Waals surface area contributed by atoms with Crippen molar-refractivity contribution in [2.24, 2.45) is 10.9 Å². The number of nitrogens with one attached hydrogen (secondary N) is 2. The molecule has 0 amide bonds. The molecular weight excluding hydrogens is 439 g/mol. The van der Waals surface area contributed by atoms with Crippen LogP contribution in [0.5, 0.6) is 5.75 Å². The third kappa shape index (κ3) is 6.30. The maximum Gasteiger partial charge on any atom is 0.191 e. The van der Waals surface area contributed by atoms with Gasteiger partial charge in [0.15, 0.2) is 5.96 Å². The lowest BCUT2D eigenvalue weighted by Gasteiger charge is -2.27. The summed E-state index contributed by atoms with van der Waals surface area (Å²) in [6.07, 6.45) is 5.27. The fourth-order valence-corrected chi connectivity index (χ4v) is 3.42. The van der Waals surface area contributed by atoms with Crippen LogP contribution in [0.15, 0.2) is 29.3 Å². The average Bonchev–Trinajstić information content (AvgIpc) is 3.32. The quantitative estimate of drug-likeness (QED) is 0.346. The molecule has 26 heavy (non-hydrogen) atoms. The van der Waals surface area contributed by atoms with Crippen LogP contribution < -0.4 is 15.4 Å². The van der Waals surface area contributed by atoms with Gasteiger partial charge in [-0.05, 0) is 69.3 Å². The molecule has 0 aromatic heterocycles. The summed E-state index contributed by atoms with van der Waals surface area (Å²) in [6, 6.07) is 8.76. The van der Waals surface area contributed by atoms with E-state index in [1.54, 1.807) is 7.11 Å². The molecular formula is C20H33IN4O. The number of guanidine groups is 1. The maximum atomic E-state index is 5.42. The van der Waals surface area contributed by atoms with Crippen molar-refractivity contribution >= 4 is 29.9 Å². The molecule has 146 valence electrons.